The first-order valence-electron chi connectivity index (χ1n) is 6.72. The van der Waals surface area contributed by atoms with E-state index in [1.54, 1.807) is 7.11 Å². The van der Waals surface area contributed by atoms with Crippen molar-refractivity contribution >= 4 is 15.9 Å². The van der Waals surface area contributed by atoms with Gasteiger partial charge < -0.3 is 10.1 Å². The number of ether oxygens (including phenoxy) is 1. The van der Waals surface area contributed by atoms with E-state index in [1.807, 2.05) is 6.07 Å². The predicted molar refractivity (Wildman–Crippen MR) is 79.2 cm³/mol. The zero-order valence-electron chi connectivity index (χ0n) is 11.3. The predicted octanol–water partition coefficient (Wildman–Crippen LogP) is 3.78. The molecule has 1 aliphatic carbocycles. The third-order valence-corrected chi connectivity index (χ3v) is 4.76. The molecule has 0 unspecified atom stereocenters. The Morgan fingerprint density at radius 3 is 2.72 bits per heavy atom. The van der Waals surface area contributed by atoms with Gasteiger partial charge in [0.15, 0.2) is 0 Å². The van der Waals surface area contributed by atoms with Crippen molar-refractivity contribution in [2.45, 2.75) is 32.6 Å². The van der Waals surface area contributed by atoms with E-state index in [4.69, 9.17) is 4.74 Å². The van der Waals surface area contributed by atoms with E-state index in [0.29, 0.717) is 5.41 Å². The molecule has 100 valence electrons. The van der Waals surface area contributed by atoms with Crippen molar-refractivity contribution in [3.63, 3.8) is 0 Å². The number of rotatable bonds is 6. The fraction of sp³-hybridized carbons (Fsp3) is 0.600. The van der Waals surface area contributed by atoms with E-state index in [1.165, 1.54) is 29.3 Å². The first-order chi connectivity index (χ1) is 8.69. The highest BCUT2D eigenvalue weighted by Gasteiger charge is 2.36. The van der Waals surface area contributed by atoms with Crippen molar-refractivity contribution in [3.05, 3.63) is 28.2 Å². The molecule has 2 nitrogen and oxygen atoms in total. The molecule has 3 heteroatoms. The lowest BCUT2D eigenvalue weighted by Gasteiger charge is -2.42. The molecule has 0 radical (unpaired) electrons. The summed E-state index contributed by atoms with van der Waals surface area (Å²) in [4.78, 5) is 0. The third-order valence-electron chi connectivity index (χ3n) is 3.98. The summed E-state index contributed by atoms with van der Waals surface area (Å²) in [6.45, 7) is 4.36. The van der Waals surface area contributed by atoms with Crippen molar-refractivity contribution in [2.24, 2.45) is 5.41 Å². The number of methoxy groups -OCH3 is 1. The second kappa shape index (κ2) is 6.07. The van der Waals surface area contributed by atoms with Gasteiger partial charge in [-0.2, -0.15) is 0 Å². The SMILES string of the molecule is CCNCC1(Cc2cc(OC)ccc2Br)CCC1. The van der Waals surface area contributed by atoms with Gasteiger partial charge in [0.25, 0.3) is 0 Å². The van der Waals surface area contributed by atoms with E-state index in [2.05, 4.69) is 40.3 Å². The molecule has 0 aromatic heterocycles. The molecule has 0 bridgehead atoms. The maximum absolute atomic E-state index is 5.32. The van der Waals surface area contributed by atoms with Crippen LogP contribution in [0.5, 0.6) is 5.75 Å². The number of nitrogens with one attached hydrogen (secondary N) is 1. The highest BCUT2D eigenvalue weighted by molar-refractivity contribution is 9.10. The zero-order chi connectivity index (χ0) is 13.0. The van der Waals surface area contributed by atoms with Gasteiger partial charge in [0.05, 0.1) is 7.11 Å². The molecule has 0 amide bonds. The van der Waals surface area contributed by atoms with Crippen LogP contribution >= 0.6 is 15.9 Å². The highest BCUT2D eigenvalue weighted by Crippen LogP contribution is 2.44. The van der Waals surface area contributed by atoms with Crippen molar-refractivity contribution in [2.75, 3.05) is 20.2 Å². The van der Waals surface area contributed by atoms with Gasteiger partial charge in [0.1, 0.15) is 5.75 Å². The Labute approximate surface area is 118 Å². The molecule has 2 rings (SSSR count). The number of benzene rings is 1. The standard InChI is InChI=1S/C15H22BrNO/c1-3-17-11-15(7-4-8-15)10-12-9-13(18-2)5-6-14(12)16/h5-6,9,17H,3-4,7-8,10-11H2,1-2H3. The molecule has 1 N–H and O–H groups in total. The van der Waals surface area contributed by atoms with E-state index in [9.17, 15) is 0 Å². The fourth-order valence-electron chi connectivity index (χ4n) is 2.70. The van der Waals surface area contributed by atoms with Gasteiger partial charge >= 0.3 is 0 Å². The van der Waals surface area contributed by atoms with Crippen LogP contribution in [-0.4, -0.2) is 20.2 Å². The second-order valence-electron chi connectivity index (χ2n) is 5.27. The lowest BCUT2D eigenvalue weighted by molar-refractivity contribution is 0.131. The van der Waals surface area contributed by atoms with Gasteiger partial charge in [-0.25, -0.2) is 0 Å². The fourth-order valence-corrected chi connectivity index (χ4v) is 3.09. The smallest absolute Gasteiger partial charge is 0.119 e. The molecular weight excluding hydrogens is 290 g/mol. The van der Waals surface area contributed by atoms with Gasteiger partial charge in [-0.3, -0.25) is 0 Å². The first kappa shape index (κ1) is 13.9. The average Bonchev–Trinajstić information content (AvgIpc) is 2.34. The Morgan fingerprint density at radius 2 is 2.17 bits per heavy atom. The van der Waals surface area contributed by atoms with Crippen LogP contribution in [0.1, 0.15) is 31.7 Å². The maximum atomic E-state index is 5.32. The summed E-state index contributed by atoms with van der Waals surface area (Å²) in [5, 5.41) is 3.51. The van der Waals surface area contributed by atoms with E-state index >= 15 is 0 Å². The van der Waals surface area contributed by atoms with Crippen molar-refractivity contribution in [1.82, 2.24) is 5.32 Å². The highest BCUT2D eigenvalue weighted by atomic mass is 79.9. The minimum atomic E-state index is 0.463. The van der Waals surface area contributed by atoms with Crippen LogP contribution in [-0.2, 0) is 6.42 Å². The quantitative estimate of drug-likeness (QED) is 0.863. The molecule has 1 aromatic carbocycles. The lowest BCUT2D eigenvalue weighted by atomic mass is 9.65. The molecule has 0 saturated heterocycles. The maximum Gasteiger partial charge on any atom is 0.119 e. The molecule has 0 spiro atoms. The topological polar surface area (TPSA) is 21.3 Å². The van der Waals surface area contributed by atoms with Gasteiger partial charge in [0.2, 0.25) is 0 Å². The summed E-state index contributed by atoms with van der Waals surface area (Å²) >= 11 is 3.66. The molecular formula is C15H22BrNO. The van der Waals surface area contributed by atoms with E-state index in [-0.39, 0.29) is 0 Å². The van der Waals surface area contributed by atoms with Crippen LogP contribution in [0.2, 0.25) is 0 Å². The van der Waals surface area contributed by atoms with E-state index < -0.39 is 0 Å². The Bertz CT molecular complexity index is 401. The summed E-state index contributed by atoms with van der Waals surface area (Å²) in [5.74, 6) is 0.950. The molecule has 1 aliphatic rings. The van der Waals surface area contributed by atoms with Crippen LogP contribution in [0.25, 0.3) is 0 Å². The van der Waals surface area contributed by atoms with Gasteiger partial charge in [-0.1, -0.05) is 29.3 Å². The monoisotopic (exact) mass is 311 g/mol. The number of hydrogen-bond donors (Lipinski definition) is 1. The Kier molecular flexibility index (Phi) is 4.68. The van der Waals surface area contributed by atoms with Crippen molar-refractivity contribution < 1.29 is 4.74 Å². The Hall–Kier alpha value is -0.540. The molecule has 1 saturated carbocycles. The van der Waals surface area contributed by atoms with Crippen molar-refractivity contribution in [1.29, 1.82) is 0 Å². The summed E-state index contributed by atoms with van der Waals surface area (Å²) in [5.41, 5.74) is 1.83. The molecule has 0 aliphatic heterocycles. The van der Waals surface area contributed by atoms with Gasteiger partial charge in [-0.15, -0.1) is 0 Å². The number of hydrogen-bond acceptors (Lipinski definition) is 2. The normalized spacial score (nSPS) is 17.3. The van der Waals surface area contributed by atoms with Crippen LogP contribution in [0.15, 0.2) is 22.7 Å². The number of halogens is 1. The molecule has 1 aromatic rings. The van der Waals surface area contributed by atoms with Crippen LogP contribution in [0.4, 0.5) is 0 Å². The average molecular weight is 312 g/mol. The third kappa shape index (κ3) is 3.07. The summed E-state index contributed by atoms with van der Waals surface area (Å²) in [6.07, 6.45) is 5.18. The van der Waals surface area contributed by atoms with E-state index in [0.717, 1.165) is 25.3 Å². The van der Waals surface area contributed by atoms with Crippen LogP contribution in [0, 0.1) is 5.41 Å². The van der Waals surface area contributed by atoms with Crippen LogP contribution < -0.4 is 10.1 Å². The molecule has 0 heterocycles. The first-order valence-corrected chi connectivity index (χ1v) is 7.51. The molecule has 0 atom stereocenters. The van der Waals surface area contributed by atoms with Crippen LogP contribution in [0.3, 0.4) is 0 Å². The molecule has 18 heavy (non-hydrogen) atoms. The summed E-state index contributed by atoms with van der Waals surface area (Å²) in [6, 6.07) is 6.26. The Morgan fingerprint density at radius 1 is 1.39 bits per heavy atom. The minimum absolute atomic E-state index is 0.463. The zero-order valence-corrected chi connectivity index (χ0v) is 12.8. The lowest BCUT2D eigenvalue weighted by Crippen LogP contribution is -2.41. The second-order valence-corrected chi connectivity index (χ2v) is 6.12. The molecule has 1 fully saturated rings. The summed E-state index contributed by atoms with van der Waals surface area (Å²) < 4.78 is 6.52. The largest absolute Gasteiger partial charge is 0.497 e. The van der Waals surface area contributed by atoms with Crippen molar-refractivity contribution in [3.8, 4) is 5.75 Å². The Balaban J connectivity index is 2.11. The minimum Gasteiger partial charge on any atom is -0.497 e. The van der Waals surface area contributed by atoms with Gasteiger partial charge in [0, 0.05) is 11.0 Å². The van der Waals surface area contributed by atoms with Gasteiger partial charge in [-0.05, 0) is 55.0 Å². The summed E-state index contributed by atoms with van der Waals surface area (Å²) in [7, 11) is 1.73.